The fourth-order valence-corrected chi connectivity index (χ4v) is 8.74. The highest BCUT2D eigenvalue weighted by molar-refractivity contribution is 5.76. The van der Waals surface area contributed by atoms with Crippen LogP contribution < -0.4 is 5.32 Å². The number of hydrogen-bond acceptors (Lipinski definition) is 10. The van der Waals surface area contributed by atoms with Gasteiger partial charge in [0.05, 0.1) is 32.0 Å². The molecule has 0 aliphatic carbocycles. The summed E-state index contributed by atoms with van der Waals surface area (Å²) in [5.74, 6) is -0.247. The molecule has 11 nitrogen and oxygen atoms in total. The van der Waals surface area contributed by atoms with Crippen LogP contribution in [0.1, 0.15) is 245 Å². The molecule has 1 saturated heterocycles. The largest absolute Gasteiger partial charge is 0.466 e. The van der Waals surface area contributed by atoms with E-state index >= 15 is 0 Å². The van der Waals surface area contributed by atoms with Crippen LogP contribution in [-0.4, -0.2) is 100 Å². The zero-order valence-corrected chi connectivity index (χ0v) is 45.2. The molecule has 11 heteroatoms. The molecule has 0 spiro atoms. The fraction of sp³-hybridized carbons (Fsp3) is 0.800. The predicted molar refractivity (Wildman–Crippen MR) is 292 cm³/mol. The molecule has 7 unspecified atom stereocenters. The maximum Gasteiger partial charge on any atom is 0.305 e. The number of nitrogens with one attached hydrogen (secondary N) is 1. The van der Waals surface area contributed by atoms with Crippen LogP contribution in [0.15, 0.2) is 60.8 Å². The minimum atomic E-state index is -1.59. The van der Waals surface area contributed by atoms with Crippen LogP contribution in [0.4, 0.5) is 0 Å². The smallest absolute Gasteiger partial charge is 0.305 e. The second-order valence-electron chi connectivity index (χ2n) is 19.9. The topological polar surface area (TPSA) is 175 Å². The van der Waals surface area contributed by atoms with Crippen molar-refractivity contribution in [3.05, 3.63) is 60.8 Å². The number of allylic oxidation sites excluding steroid dienone is 9. The van der Waals surface area contributed by atoms with E-state index in [0.29, 0.717) is 25.9 Å². The Bertz CT molecular complexity index is 1360. The average molecular weight is 1000 g/mol. The van der Waals surface area contributed by atoms with E-state index in [1.807, 2.05) is 6.08 Å². The van der Waals surface area contributed by atoms with Gasteiger partial charge in [0.1, 0.15) is 24.4 Å². The van der Waals surface area contributed by atoms with Crippen molar-refractivity contribution < 1.29 is 49.3 Å². The Morgan fingerprint density at radius 2 is 1.00 bits per heavy atom. The summed E-state index contributed by atoms with van der Waals surface area (Å²) < 4.78 is 16.6. The lowest BCUT2D eigenvalue weighted by molar-refractivity contribution is -0.302. The molecule has 1 heterocycles. The van der Waals surface area contributed by atoms with E-state index in [4.69, 9.17) is 14.2 Å². The van der Waals surface area contributed by atoms with Crippen molar-refractivity contribution in [3.8, 4) is 0 Å². The molecule has 0 radical (unpaired) electrons. The number of aliphatic hydroxyl groups excluding tert-OH is 5. The number of aliphatic hydroxyl groups is 5. The first-order valence-electron chi connectivity index (χ1n) is 29.1. The first-order valence-corrected chi connectivity index (χ1v) is 29.1. The lowest BCUT2D eigenvalue weighted by atomic mass is 9.99. The van der Waals surface area contributed by atoms with Crippen LogP contribution in [-0.2, 0) is 23.8 Å². The zero-order chi connectivity index (χ0) is 51.7. The highest BCUT2D eigenvalue weighted by Gasteiger charge is 2.44. The Balaban J connectivity index is 2.09. The quantitative estimate of drug-likeness (QED) is 0.0195. The second kappa shape index (κ2) is 49.6. The van der Waals surface area contributed by atoms with Crippen molar-refractivity contribution in [2.75, 3.05) is 19.8 Å². The van der Waals surface area contributed by atoms with Crippen LogP contribution >= 0.6 is 0 Å². The van der Waals surface area contributed by atoms with E-state index in [9.17, 15) is 35.1 Å². The van der Waals surface area contributed by atoms with Gasteiger partial charge in [-0.1, -0.05) is 203 Å². The van der Waals surface area contributed by atoms with Gasteiger partial charge in [-0.2, -0.15) is 0 Å². The van der Waals surface area contributed by atoms with Crippen LogP contribution in [0, 0.1) is 0 Å². The van der Waals surface area contributed by atoms with E-state index in [-0.39, 0.29) is 18.5 Å². The minimum Gasteiger partial charge on any atom is -0.466 e. The standard InChI is InChI=1S/C60H107NO10/c1-3-5-7-9-11-13-15-16-17-22-25-28-32-36-40-44-48-56(65)69-49-45-41-37-33-29-26-23-20-18-19-21-24-27-31-35-39-43-47-55(64)61-52(51-70-60-59(68)58(67)57(66)54(50-62)71-60)53(63)46-42-38-34-30-14-12-10-8-6-4-2/h6,8,14,18,20,26,29-30,42,46,52-54,57-60,62-63,66-68H,3-5,7,9-13,15-17,19,21-25,27-28,31-41,43-45,47-51H2,1-2H3,(H,61,64)/b8-6+,20-18-,29-26-,30-14+,46-42+. The van der Waals surface area contributed by atoms with Gasteiger partial charge in [-0.25, -0.2) is 0 Å². The molecular weight excluding hydrogens is 895 g/mol. The number of hydrogen-bond donors (Lipinski definition) is 6. The van der Waals surface area contributed by atoms with Gasteiger partial charge in [0.25, 0.3) is 0 Å². The number of amides is 1. The molecule has 7 atom stereocenters. The van der Waals surface area contributed by atoms with Crippen LogP contribution in [0.3, 0.4) is 0 Å². The lowest BCUT2D eigenvalue weighted by Gasteiger charge is -2.40. The molecular formula is C60H107NO10. The Hall–Kier alpha value is -2.64. The molecule has 6 N–H and O–H groups in total. The molecule has 1 rings (SSSR count). The van der Waals surface area contributed by atoms with Gasteiger partial charge in [-0.3, -0.25) is 9.59 Å². The van der Waals surface area contributed by atoms with Crippen LogP contribution in [0.2, 0.25) is 0 Å². The molecule has 0 aromatic rings. The second-order valence-corrected chi connectivity index (χ2v) is 19.9. The Labute approximate surface area is 433 Å². The van der Waals surface area contributed by atoms with E-state index in [1.54, 1.807) is 6.08 Å². The monoisotopic (exact) mass is 1000 g/mol. The number of carbonyl (C=O) groups is 2. The summed E-state index contributed by atoms with van der Waals surface area (Å²) in [5, 5.41) is 54.1. The third-order valence-corrected chi connectivity index (χ3v) is 13.3. The summed E-state index contributed by atoms with van der Waals surface area (Å²) in [4.78, 5) is 25.1. The van der Waals surface area contributed by atoms with E-state index in [0.717, 1.165) is 103 Å². The first kappa shape index (κ1) is 66.4. The average Bonchev–Trinajstić information content (AvgIpc) is 3.37. The summed E-state index contributed by atoms with van der Waals surface area (Å²) in [6, 6.07) is -0.847. The summed E-state index contributed by atoms with van der Waals surface area (Å²) >= 11 is 0. The van der Waals surface area contributed by atoms with Crippen LogP contribution in [0.5, 0.6) is 0 Å². The van der Waals surface area contributed by atoms with Gasteiger partial charge in [0, 0.05) is 12.8 Å². The van der Waals surface area contributed by atoms with Gasteiger partial charge in [0.15, 0.2) is 6.29 Å². The molecule has 0 aromatic heterocycles. The number of unbranched alkanes of at least 4 members (excludes halogenated alkanes) is 27. The van der Waals surface area contributed by atoms with Gasteiger partial charge < -0.3 is 45.1 Å². The molecule has 71 heavy (non-hydrogen) atoms. The normalized spacial score (nSPS) is 19.6. The Morgan fingerprint density at radius 1 is 0.535 bits per heavy atom. The SMILES string of the molecule is CC/C=C/CC/C=C/CC/C=C/C(O)C(COC1OC(CO)C(O)C(O)C1O)NC(=O)CCCCCCCCC/C=C\C/C=C\CCCCCOC(=O)CCCCCCCCCCCCCCCCCC. The fourth-order valence-electron chi connectivity index (χ4n) is 8.74. The summed E-state index contributed by atoms with van der Waals surface area (Å²) in [5.41, 5.74) is 0. The van der Waals surface area contributed by atoms with Crippen LogP contribution in [0.25, 0.3) is 0 Å². The molecule has 1 amide bonds. The van der Waals surface area contributed by atoms with E-state index in [1.165, 1.54) is 109 Å². The number of ether oxygens (including phenoxy) is 3. The molecule has 412 valence electrons. The highest BCUT2D eigenvalue weighted by Crippen LogP contribution is 2.23. The summed E-state index contributed by atoms with van der Waals surface area (Å²) in [7, 11) is 0. The molecule has 0 saturated carbocycles. The maximum atomic E-state index is 13.0. The highest BCUT2D eigenvalue weighted by atomic mass is 16.7. The van der Waals surface area contributed by atoms with Crippen molar-refractivity contribution in [2.24, 2.45) is 0 Å². The third-order valence-electron chi connectivity index (χ3n) is 13.3. The number of carbonyl (C=O) groups excluding carboxylic acids is 2. The maximum absolute atomic E-state index is 13.0. The van der Waals surface area contributed by atoms with Gasteiger partial charge in [-0.15, -0.1) is 0 Å². The molecule has 1 aliphatic rings. The zero-order valence-electron chi connectivity index (χ0n) is 45.2. The molecule has 1 aliphatic heterocycles. The Kier molecular flexibility index (Phi) is 46.3. The van der Waals surface area contributed by atoms with Gasteiger partial charge >= 0.3 is 5.97 Å². The lowest BCUT2D eigenvalue weighted by Crippen LogP contribution is -2.60. The number of rotatable bonds is 49. The van der Waals surface area contributed by atoms with Crippen molar-refractivity contribution >= 4 is 11.9 Å². The summed E-state index contributed by atoms with van der Waals surface area (Å²) in [6.45, 7) is 4.14. The van der Waals surface area contributed by atoms with Crippen molar-refractivity contribution in [1.29, 1.82) is 0 Å². The van der Waals surface area contributed by atoms with Crippen molar-refractivity contribution in [2.45, 2.75) is 288 Å². The minimum absolute atomic E-state index is 0.0311. The van der Waals surface area contributed by atoms with E-state index in [2.05, 4.69) is 67.8 Å². The summed E-state index contributed by atoms with van der Waals surface area (Å²) in [6.07, 6.45) is 53.3. The van der Waals surface area contributed by atoms with E-state index < -0.39 is 49.5 Å². The molecule has 0 bridgehead atoms. The molecule has 1 fully saturated rings. The first-order chi connectivity index (χ1) is 34.7. The Morgan fingerprint density at radius 3 is 1.54 bits per heavy atom. The van der Waals surface area contributed by atoms with Gasteiger partial charge in [-0.05, 0) is 89.9 Å². The van der Waals surface area contributed by atoms with Crippen molar-refractivity contribution in [1.82, 2.24) is 5.32 Å². The third kappa shape index (κ3) is 39.5. The van der Waals surface area contributed by atoms with Gasteiger partial charge in [0.2, 0.25) is 5.91 Å². The molecule has 0 aromatic carbocycles. The van der Waals surface area contributed by atoms with Crippen molar-refractivity contribution in [3.63, 3.8) is 0 Å². The number of esters is 1. The predicted octanol–water partition coefficient (Wildman–Crippen LogP) is 13.1.